The zero-order valence-electron chi connectivity index (χ0n) is 11.5. The van der Waals surface area contributed by atoms with Gasteiger partial charge in [-0.15, -0.1) is 0 Å². The summed E-state index contributed by atoms with van der Waals surface area (Å²) in [6, 6.07) is 2.74. The molecule has 112 valence electrons. The van der Waals surface area contributed by atoms with E-state index in [2.05, 4.69) is 0 Å². The predicted molar refractivity (Wildman–Crippen MR) is 72.7 cm³/mol. The summed E-state index contributed by atoms with van der Waals surface area (Å²) in [6.45, 7) is 2.26. The minimum Gasteiger partial charge on any atom is -0.478 e. The van der Waals surface area contributed by atoms with Crippen molar-refractivity contribution in [1.29, 1.82) is 0 Å². The standard InChI is InChI=1S/C13H18FNO4S/c1-3-4-5-8-15(2)20(18,19)12-9-10(13(16)17)6-7-11(12)14/h6-7,9H,3-5,8H2,1-2H3,(H,16,17). The van der Waals surface area contributed by atoms with Gasteiger partial charge < -0.3 is 5.11 Å². The Balaban J connectivity index is 3.08. The second-order valence-corrected chi connectivity index (χ2v) is 6.50. The van der Waals surface area contributed by atoms with Crippen LogP contribution in [0.1, 0.15) is 36.5 Å². The highest BCUT2D eigenvalue weighted by Gasteiger charge is 2.25. The van der Waals surface area contributed by atoms with Crippen LogP contribution in [-0.2, 0) is 10.0 Å². The first kappa shape index (κ1) is 16.6. The zero-order chi connectivity index (χ0) is 15.3. The first-order chi connectivity index (χ1) is 9.30. The monoisotopic (exact) mass is 303 g/mol. The molecular weight excluding hydrogens is 285 g/mol. The fourth-order valence-electron chi connectivity index (χ4n) is 1.71. The van der Waals surface area contributed by atoms with Gasteiger partial charge in [-0.25, -0.2) is 21.9 Å². The number of carboxylic acid groups (broad SMARTS) is 1. The number of carboxylic acids is 1. The molecule has 1 rings (SSSR count). The van der Waals surface area contributed by atoms with Crippen LogP contribution in [0.2, 0.25) is 0 Å². The number of carbonyl (C=O) groups is 1. The molecule has 0 aliphatic carbocycles. The van der Waals surface area contributed by atoms with Crippen molar-refractivity contribution in [1.82, 2.24) is 4.31 Å². The van der Waals surface area contributed by atoms with Gasteiger partial charge in [0, 0.05) is 13.6 Å². The van der Waals surface area contributed by atoms with Gasteiger partial charge in [0.25, 0.3) is 0 Å². The Morgan fingerprint density at radius 1 is 1.35 bits per heavy atom. The molecule has 7 heteroatoms. The van der Waals surface area contributed by atoms with Gasteiger partial charge in [0.2, 0.25) is 10.0 Å². The average Bonchev–Trinajstić information content (AvgIpc) is 2.38. The minimum atomic E-state index is -4.01. The number of unbranched alkanes of at least 4 members (excludes halogenated alkanes) is 2. The van der Waals surface area contributed by atoms with Crippen LogP contribution in [0.3, 0.4) is 0 Å². The number of aromatic carboxylic acids is 1. The lowest BCUT2D eigenvalue weighted by Crippen LogP contribution is -2.29. The largest absolute Gasteiger partial charge is 0.478 e. The number of hydrogen-bond donors (Lipinski definition) is 1. The Morgan fingerprint density at radius 3 is 2.55 bits per heavy atom. The lowest BCUT2D eigenvalue weighted by atomic mass is 10.2. The lowest BCUT2D eigenvalue weighted by molar-refractivity contribution is 0.0696. The summed E-state index contributed by atoms with van der Waals surface area (Å²) in [7, 11) is -2.65. The Hall–Kier alpha value is -1.47. The number of halogens is 1. The molecule has 5 nitrogen and oxygen atoms in total. The molecule has 1 N–H and O–H groups in total. The molecule has 20 heavy (non-hydrogen) atoms. The van der Waals surface area contributed by atoms with Gasteiger partial charge in [-0.1, -0.05) is 19.8 Å². The van der Waals surface area contributed by atoms with E-state index in [1.165, 1.54) is 7.05 Å². The molecule has 0 saturated carbocycles. The third kappa shape index (κ3) is 3.77. The maximum Gasteiger partial charge on any atom is 0.335 e. The van der Waals surface area contributed by atoms with Crippen molar-refractivity contribution >= 4 is 16.0 Å². The summed E-state index contributed by atoms with van der Waals surface area (Å²) in [4.78, 5) is 10.2. The summed E-state index contributed by atoms with van der Waals surface area (Å²) in [5.74, 6) is -2.24. The predicted octanol–water partition coefficient (Wildman–Crippen LogP) is 2.33. The molecular formula is C13H18FNO4S. The van der Waals surface area contributed by atoms with Gasteiger partial charge in [-0.2, -0.15) is 0 Å². The first-order valence-corrected chi connectivity index (χ1v) is 7.74. The highest BCUT2D eigenvalue weighted by molar-refractivity contribution is 7.89. The van der Waals surface area contributed by atoms with Gasteiger partial charge in [-0.3, -0.25) is 0 Å². The molecule has 0 aromatic heterocycles. The van der Waals surface area contributed by atoms with E-state index in [1.54, 1.807) is 0 Å². The van der Waals surface area contributed by atoms with Crippen molar-refractivity contribution in [2.24, 2.45) is 0 Å². The second-order valence-electron chi connectivity index (χ2n) is 4.48. The maximum absolute atomic E-state index is 13.7. The Bertz CT molecular complexity index is 586. The number of sulfonamides is 1. The van der Waals surface area contributed by atoms with Gasteiger partial charge in [0.15, 0.2) is 0 Å². The van der Waals surface area contributed by atoms with Gasteiger partial charge in [0.1, 0.15) is 10.7 Å². The highest BCUT2D eigenvalue weighted by atomic mass is 32.2. The summed E-state index contributed by atoms with van der Waals surface area (Å²) in [6.07, 6.45) is 2.49. The normalized spacial score (nSPS) is 11.8. The fraction of sp³-hybridized carbons (Fsp3) is 0.462. The van der Waals surface area contributed by atoms with Crippen LogP contribution in [0.15, 0.2) is 23.1 Å². The van der Waals surface area contributed by atoms with Gasteiger partial charge in [0.05, 0.1) is 5.56 Å². The molecule has 0 saturated heterocycles. The second kappa shape index (κ2) is 6.81. The van der Waals surface area contributed by atoms with E-state index >= 15 is 0 Å². The van der Waals surface area contributed by atoms with Crippen molar-refractivity contribution in [3.8, 4) is 0 Å². The van der Waals surface area contributed by atoms with Crippen molar-refractivity contribution < 1.29 is 22.7 Å². The van der Waals surface area contributed by atoms with Gasteiger partial charge in [-0.05, 0) is 24.6 Å². The molecule has 0 radical (unpaired) electrons. The SMILES string of the molecule is CCCCCN(C)S(=O)(=O)c1cc(C(=O)O)ccc1F. The summed E-state index contributed by atoms with van der Waals surface area (Å²) < 4.78 is 39.2. The summed E-state index contributed by atoms with van der Waals surface area (Å²) in [5.41, 5.74) is -0.257. The van der Waals surface area contributed by atoms with E-state index in [-0.39, 0.29) is 12.1 Å². The third-order valence-corrected chi connectivity index (χ3v) is 4.81. The topological polar surface area (TPSA) is 74.7 Å². The van der Waals surface area contributed by atoms with Crippen LogP contribution >= 0.6 is 0 Å². The number of rotatable bonds is 7. The number of benzene rings is 1. The number of hydrogen-bond acceptors (Lipinski definition) is 3. The highest BCUT2D eigenvalue weighted by Crippen LogP contribution is 2.20. The minimum absolute atomic E-state index is 0.257. The van der Waals surface area contributed by atoms with E-state index in [4.69, 9.17) is 5.11 Å². The molecule has 1 aromatic rings. The molecule has 0 atom stereocenters. The molecule has 0 heterocycles. The van der Waals surface area contributed by atoms with E-state index in [9.17, 15) is 17.6 Å². The average molecular weight is 303 g/mol. The van der Waals surface area contributed by atoms with Crippen LogP contribution in [0.4, 0.5) is 4.39 Å². The summed E-state index contributed by atoms with van der Waals surface area (Å²) in [5, 5.41) is 8.85. The van der Waals surface area contributed by atoms with E-state index in [1.807, 2.05) is 6.92 Å². The van der Waals surface area contributed by atoms with E-state index in [0.717, 1.165) is 35.3 Å². The molecule has 0 amide bonds. The fourth-order valence-corrected chi connectivity index (χ4v) is 3.00. The Labute approximate surface area is 118 Å². The maximum atomic E-state index is 13.7. The first-order valence-electron chi connectivity index (χ1n) is 6.30. The molecule has 0 unspecified atom stereocenters. The van der Waals surface area contributed by atoms with Gasteiger partial charge >= 0.3 is 5.97 Å². The third-order valence-electron chi connectivity index (χ3n) is 2.94. The van der Waals surface area contributed by atoms with Crippen LogP contribution in [0.25, 0.3) is 0 Å². The molecule has 0 aliphatic rings. The van der Waals surface area contributed by atoms with Crippen LogP contribution < -0.4 is 0 Å². The van der Waals surface area contributed by atoms with Crippen molar-refractivity contribution in [3.05, 3.63) is 29.6 Å². The van der Waals surface area contributed by atoms with Crippen LogP contribution in [-0.4, -0.2) is 37.4 Å². The van der Waals surface area contributed by atoms with Crippen molar-refractivity contribution in [2.75, 3.05) is 13.6 Å². The molecule has 0 fully saturated rings. The van der Waals surface area contributed by atoms with E-state index in [0.29, 0.717) is 6.42 Å². The van der Waals surface area contributed by atoms with Crippen LogP contribution in [0, 0.1) is 5.82 Å². The van der Waals surface area contributed by atoms with E-state index < -0.39 is 26.7 Å². The molecule has 0 spiro atoms. The van der Waals surface area contributed by atoms with Crippen molar-refractivity contribution in [3.63, 3.8) is 0 Å². The quantitative estimate of drug-likeness (QED) is 0.785. The van der Waals surface area contributed by atoms with Crippen LogP contribution in [0.5, 0.6) is 0 Å². The van der Waals surface area contributed by atoms with Crippen molar-refractivity contribution in [2.45, 2.75) is 31.1 Å². The molecule has 0 aliphatic heterocycles. The molecule has 0 bridgehead atoms. The zero-order valence-corrected chi connectivity index (χ0v) is 12.3. The Morgan fingerprint density at radius 2 is 2.00 bits per heavy atom. The lowest BCUT2D eigenvalue weighted by Gasteiger charge is -2.17. The summed E-state index contributed by atoms with van der Waals surface area (Å²) >= 11 is 0. The smallest absolute Gasteiger partial charge is 0.335 e. The Kier molecular flexibility index (Phi) is 5.64. The molecule has 1 aromatic carbocycles. The number of nitrogens with zero attached hydrogens (tertiary/aromatic N) is 1.